The molecule has 1 saturated heterocycles. The second-order valence-corrected chi connectivity index (χ2v) is 4.66. The van der Waals surface area contributed by atoms with Crippen molar-refractivity contribution in [3.8, 4) is 0 Å². The molecule has 0 unspecified atom stereocenters. The van der Waals surface area contributed by atoms with E-state index in [2.05, 4.69) is 10.3 Å². The van der Waals surface area contributed by atoms with Gasteiger partial charge in [-0.25, -0.2) is 0 Å². The van der Waals surface area contributed by atoms with Crippen LogP contribution in [-0.2, 0) is 14.4 Å². The van der Waals surface area contributed by atoms with E-state index in [0.717, 1.165) is 0 Å². The number of anilines is 1. The van der Waals surface area contributed by atoms with Crippen LogP contribution in [0.1, 0.15) is 12.8 Å². The van der Waals surface area contributed by atoms with Crippen molar-refractivity contribution in [1.82, 2.24) is 9.88 Å². The minimum Gasteiger partial charge on any atom is -0.369 e. The Morgan fingerprint density at radius 2 is 2.00 bits per heavy atom. The zero-order valence-electron chi connectivity index (χ0n) is 10.9. The first-order chi connectivity index (χ1) is 9.58. The van der Waals surface area contributed by atoms with Gasteiger partial charge < -0.3 is 16.0 Å². The molecule has 106 valence electrons. The molecule has 2 heterocycles. The van der Waals surface area contributed by atoms with E-state index >= 15 is 0 Å². The molecule has 0 saturated carbocycles. The molecule has 1 aromatic rings. The minimum absolute atomic E-state index is 0.208. The van der Waals surface area contributed by atoms with Gasteiger partial charge in [-0.1, -0.05) is 0 Å². The minimum atomic E-state index is -0.699. The zero-order valence-corrected chi connectivity index (χ0v) is 10.9. The van der Waals surface area contributed by atoms with Gasteiger partial charge in [0.05, 0.1) is 11.9 Å². The van der Waals surface area contributed by atoms with Crippen molar-refractivity contribution in [2.45, 2.75) is 12.8 Å². The van der Waals surface area contributed by atoms with Crippen LogP contribution in [0.25, 0.3) is 0 Å². The lowest BCUT2D eigenvalue weighted by atomic mass is 9.96. The van der Waals surface area contributed by atoms with Gasteiger partial charge in [-0.15, -0.1) is 0 Å². The summed E-state index contributed by atoms with van der Waals surface area (Å²) in [7, 11) is 0. The van der Waals surface area contributed by atoms with Crippen LogP contribution in [0.5, 0.6) is 0 Å². The van der Waals surface area contributed by atoms with Gasteiger partial charge in [-0.05, 0) is 25.0 Å². The fourth-order valence-electron chi connectivity index (χ4n) is 2.13. The summed E-state index contributed by atoms with van der Waals surface area (Å²) in [5.74, 6) is -1.86. The molecular weight excluding hydrogens is 260 g/mol. The third-order valence-electron chi connectivity index (χ3n) is 3.30. The van der Waals surface area contributed by atoms with Crippen LogP contribution < -0.4 is 11.1 Å². The van der Waals surface area contributed by atoms with Gasteiger partial charge >= 0.3 is 11.8 Å². The number of aromatic nitrogens is 1. The first-order valence-electron chi connectivity index (χ1n) is 6.37. The van der Waals surface area contributed by atoms with Gasteiger partial charge in [-0.2, -0.15) is 0 Å². The summed E-state index contributed by atoms with van der Waals surface area (Å²) in [6.45, 7) is 0.736. The third kappa shape index (κ3) is 3.31. The number of amides is 3. The highest BCUT2D eigenvalue weighted by Gasteiger charge is 2.29. The first-order valence-corrected chi connectivity index (χ1v) is 6.37. The zero-order chi connectivity index (χ0) is 14.5. The van der Waals surface area contributed by atoms with Crippen LogP contribution in [0.4, 0.5) is 5.69 Å². The summed E-state index contributed by atoms with van der Waals surface area (Å²) in [6, 6.07) is 3.32. The molecule has 0 radical (unpaired) electrons. The van der Waals surface area contributed by atoms with Crippen molar-refractivity contribution >= 4 is 23.4 Å². The predicted molar refractivity (Wildman–Crippen MR) is 71.4 cm³/mol. The molecule has 0 bridgehead atoms. The molecule has 7 heteroatoms. The van der Waals surface area contributed by atoms with Crippen molar-refractivity contribution < 1.29 is 14.4 Å². The number of carbonyl (C=O) groups excluding carboxylic acids is 3. The van der Waals surface area contributed by atoms with E-state index in [9.17, 15) is 14.4 Å². The maximum atomic E-state index is 12.0. The summed E-state index contributed by atoms with van der Waals surface area (Å²) in [5, 5.41) is 2.49. The number of hydrogen-bond acceptors (Lipinski definition) is 4. The molecule has 7 nitrogen and oxygen atoms in total. The Hall–Kier alpha value is -2.44. The van der Waals surface area contributed by atoms with Gasteiger partial charge in [0.15, 0.2) is 0 Å². The van der Waals surface area contributed by atoms with Gasteiger partial charge in [0, 0.05) is 25.2 Å². The summed E-state index contributed by atoms with van der Waals surface area (Å²) in [6.07, 6.45) is 4.04. The standard InChI is InChI=1S/C13H16N4O3/c14-11(18)9-3-6-17(7-4-9)13(20)12(19)16-10-2-1-5-15-8-10/h1-2,5,8-9H,3-4,6-7H2,(H2,14,18)(H,16,19). The average molecular weight is 276 g/mol. The van der Waals surface area contributed by atoms with E-state index in [0.29, 0.717) is 31.6 Å². The Bertz CT molecular complexity index is 510. The van der Waals surface area contributed by atoms with Crippen molar-refractivity contribution in [2.24, 2.45) is 11.7 Å². The number of primary amides is 1. The highest BCUT2D eigenvalue weighted by molar-refractivity contribution is 6.39. The smallest absolute Gasteiger partial charge is 0.313 e. The topological polar surface area (TPSA) is 105 Å². The molecule has 20 heavy (non-hydrogen) atoms. The van der Waals surface area contributed by atoms with Crippen LogP contribution in [0.2, 0.25) is 0 Å². The van der Waals surface area contributed by atoms with Crippen molar-refractivity contribution in [2.75, 3.05) is 18.4 Å². The van der Waals surface area contributed by atoms with Gasteiger partial charge in [0.2, 0.25) is 5.91 Å². The number of nitrogens with zero attached hydrogens (tertiary/aromatic N) is 2. The maximum absolute atomic E-state index is 12.0. The fourth-order valence-corrected chi connectivity index (χ4v) is 2.13. The summed E-state index contributed by atoms with van der Waals surface area (Å²) in [4.78, 5) is 40.1. The Morgan fingerprint density at radius 1 is 1.30 bits per heavy atom. The Morgan fingerprint density at radius 3 is 2.55 bits per heavy atom. The van der Waals surface area contributed by atoms with Crippen molar-refractivity contribution in [3.63, 3.8) is 0 Å². The second-order valence-electron chi connectivity index (χ2n) is 4.66. The molecule has 1 aliphatic heterocycles. The van der Waals surface area contributed by atoms with Crippen molar-refractivity contribution in [1.29, 1.82) is 0 Å². The van der Waals surface area contributed by atoms with E-state index in [1.165, 1.54) is 11.1 Å². The van der Waals surface area contributed by atoms with Crippen molar-refractivity contribution in [3.05, 3.63) is 24.5 Å². The Labute approximate surface area is 116 Å². The highest BCUT2D eigenvalue weighted by Crippen LogP contribution is 2.17. The normalized spacial score (nSPS) is 15.7. The fraction of sp³-hybridized carbons (Fsp3) is 0.385. The summed E-state index contributed by atoms with van der Waals surface area (Å²) < 4.78 is 0. The molecule has 1 aromatic heterocycles. The highest BCUT2D eigenvalue weighted by atomic mass is 16.2. The Kier molecular flexibility index (Phi) is 4.29. The predicted octanol–water partition coefficient (Wildman–Crippen LogP) is -0.256. The monoisotopic (exact) mass is 276 g/mol. The maximum Gasteiger partial charge on any atom is 0.313 e. The van der Waals surface area contributed by atoms with Gasteiger partial charge in [-0.3, -0.25) is 19.4 Å². The lowest BCUT2D eigenvalue weighted by molar-refractivity contribution is -0.144. The third-order valence-corrected chi connectivity index (χ3v) is 3.30. The quantitative estimate of drug-likeness (QED) is 0.726. The van der Waals surface area contributed by atoms with Crippen LogP contribution in [0, 0.1) is 5.92 Å². The molecule has 3 amide bonds. The number of likely N-dealkylation sites (tertiary alicyclic amines) is 1. The number of pyridine rings is 1. The van der Waals surface area contributed by atoms with Crippen LogP contribution in [0.15, 0.2) is 24.5 Å². The van der Waals surface area contributed by atoms with E-state index < -0.39 is 11.8 Å². The van der Waals surface area contributed by atoms with E-state index in [1.807, 2.05) is 0 Å². The molecular formula is C13H16N4O3. The van der Waals surface area contributed by atoms with E-state index in [-0.39, 0.29) is 11.8 Å². The molecule has 3 N–H and O–H groups in total. The molecule has 0 spiro atoms. The van der Waals surface area contributed by atoms with E-state index in [4.69, 9.17) is 5.73 Å². The van der Waals surface area contributed by atoms with Crippen LogP contribution in [0.3, 0.4) is 0 Å². The number of nitrogens with two attached hydrogens (primary N) is 1. The molecule has 2 rings (SSSR count). The van der Waals surface area contributed by atoms with Gasteiger partial charge in [0.25, 0.3) is 0 Å². The molecule has 0 aromatic carbocycles. The number of carbonyl (C=O) groups is 3. The molecule has 0 aliphatic carbocycles. The van der Waals surface area contributed by atoms with Crippen LogP contribution in [-0.4, -0.2) is 40.7 Å². The number of rotatable bonds is 2. The number of nitrogens with one attached hydrogen (secondary N) is 1. The average Bonchev–Trinajstić information content (AvgIpc) is 2.47. The number of hydrogen-bond donors (Lipinski definition) is 2. The SMILES string of the molecule is NC(=O)C1CCN(C(=O)C(=O)Nc2cccnc2)CC1. The summed E-state index contributed by atoms with van der Waals surface area (Å²) >= 11 is 0. The van der Waals surface area contributed by atoms with Crippen LogP contribution >= 0.6 is 0 Å². The molecule has 0 atom stereocenters. The lowest BCUT2D eigenvalue weighted by Crippen LogP contribution is -2.46. The molecule has 1 fully saturated rings. The lowest BCUT2D eigenvalue weighted by Gasteiger charge is -2.29. The summed E-state index contributed by atoms with van der Waals surface area (Å²) in [5.41, 5.74) is 5.69. The van der Waals surface area contributed by atoms with E-state index in [1.54, 1.807) is 18.3 Å². The second kappa shape index (κ2) is 6.14. The largest absolute Gasteiger partial charge is 0.369 e. The Balaban J connectivity index is 1.89. The first kappa shape index (κ1) is 14.0. The molecule has 1 aliphatic rings. The van der Waals surface area contributed by atoms with Gasteiger partial charge in [0.1, 0.15) is 0 Å². The number of piperidine rings is 1.